The maximum Gasteiger partial charge on any atom is 0.418 e. The third-order valence-corrected chi connectivity index (χ3v) is 2.53. The first-order valence-corrected chi connectivity index (χ1v) is 5.68. The Morgan fingerprint density at radius 1 is 1.14 bits per heavy atom. The second kappa shape index (κ2) is 5.58. The second-order valence-electron chi connectivity index (χ2n) is 4.11. The van der Waals surface area contributed by atoms with Gasteiger partial charge >= 0.3 is 6.18 Å². The molecular weight excluding hydrogens is 311 g/mol. The van der Waals surface area contributed by atoms with E-state index in [0.29, 0.717) is 18.3 Å². The summed E-state index contributed by atoms with van der Waals surface area (Å²) in [4.78, 5) is 14.4. The van der Waals surface area contributed by atoms with E-state index in [0.717, 1.165) is 12.1 Å². The first-order chi connectivity index (χ1) is 10.2. The van der Waals surface area contributed by atoms with E-state index in [-0.39, 0.29) is 0 Å². The number of hydrogen-bond acceptors (Lipinski definition) is 3. The van der Waals surface area contributed by atoms with Crippen molar-refractivity contribution in [3.05, 3.63) is 53.4 Å². The Morgan fingerprint density at radius 2 is 1.82 bits per heavy atom. The van der Waals surface area contributed by atoms with Gasteiger partial charge in [0.2, 0.25) is 0 Å². The number of ether oxygens (including phenoxy) is 1. The van der Waals surface area contributed by atoms with Gasteiger partial charge in [-0.05, 0) is 18.2 Å². The molecule has 22 heavy (non-hydrogen) atoms. The van der Waals surface area contributed by atoms with Crippen LogP contribution in [0.3, 0.4) is 0 Å². The number of carbonyl (C=O) groups is 1. The average Bonchev–Trinajstić information content (AvgIpc) is 2.40. The molecule has 1 aromatic heterocycles. The topological polar surface area (TPSA) is 65.2 Å². The number of amides is 1. The van der Waals surface area contributed by atoms with E-state index in [2.05, 4.69) is 4.98 Å². The lowest BCUT2D eigenvalue weighted by Crippen LogP contribution is -2.16. The standard InChI is InChI=1S/C13H7F5N2O2/c14-7-1-2-9(8(15)4-7)22-10-3-6(13(16,17)18)5-20-11(10)12(19)21/h1-5H,(H2,19,21). The van der Waals surface area contributed by atoms with E-state index in [1.54, 1.807) is 0 Å². The number of rotatable bonds is 3. The van der Waals surface area contributed by atoms with E-state index >= 15 is 0 Å². The molecule has 0 fully saturated rings. The van der Waals surface area contributed by atoms with Crippen LogP contribution in [0.5, 0.6) is 11.5 Å². The van der Waals surface area contributed by atoms with E-state index in [1.165, 1.54) is 0 Å². The van der Waals surface area contributed by atoms with Gasteiger partial charge < -0.3 is 10.5 Å². The Bertz CT molecular complexity index is 731. The van der Waals surface area contributed by atoms with Crippen LogP contribution in [0.2, 0.25) is 0 Å². The molecule has 2 N–H and O–H groups in total. The van der Waals surface area contributed by atoms with Crippen molar-refractivity contribution < 1.29 is 31.5 Å². The molecule has 4 nitrogen and oxygen atoms in total. The van der Waals surface area contributed by atoms with Crippen LogP contribution in [0, 0.1) is 11.6 Å². The first-order valence-electron chi connectivity index (χ1n) is 5.68. The number of aromatic nitrogens is 1. The van der Waals surface area contributed by atoms with Crippen LogP contribution in [-0.2, 0) is 6.18 Å². The Labute approximate surface area is 120 Å². The van der Waals surface area contributed by atoms with Gasteiger partial charge in [0.25, 0.3) is 5.91 Å². The largest absolute Gasteiger partial charge is 0.452 e. The molecule has 0 bridgehead atoms. The highest BCUT2D eigenvalue weighted by Crippen LogP contribution is 2.34. The third-order valence-electron chi connectivity index (χ3n) is 2.53. The van der Waals surface area contributed by atoms with Crippen LogP contribution in [0.1, 0.15) is 16.1 Å². The molecule has 1 amide bonds. The van der Waals surface area contributed by atoms with Gasteiger partial charge in [-0.3, -0.25) is 4.79 Å². The fourth-order valence-corrected chi connectivity index (χ4v) is 1.54. The maximum atomic E-state index is 13.5. The molecule has 0 unspecified atom stereocenters. The van der Waals surface area contributed by atoms with Gasteiger partial charge in [-0.15, -0.1) is 0 Å². The zero-order chi connectivity index (χ0) is 16.5. The number of pyridine rings is 1. The van der Waals surface area contributed by atoms with Gasteiger partial charge in [0.1, 0.15) is 5.82 Å². The van der Waals surface area contributed by atoms with Gasteiger partial charge in [-0.25, -0.2) is 13.8 Å². The lowest BCUT2D eigenvalue weighted by Gasteiger charge is -2.12. The molecule has 0 spiro atoms. The normalized spacial score (nSPS) is 11.3. The van der Waals surface area contributed by atoms with Crippen molar-refractivity contribution in [2.75, 3.05) is 0 Å². The number of alkyl halides is 3. The Hall–Kier alpha value is -2.71. The molecule has 116 valence electrons. The van der Waals surface area contributed by atoms with E-state index < -0.39 is 46.5 Å². The van der Waals surface area contributed by atoms with Crippen molar-refractivity contribution in [3.8, 4) is 11.5 Å². The Balaban J connectivity index is 2.49. The molecule has 0 atom stereocenters. The van der Waals surface area contributed by atoms with Gasteiger partial charge in [0.05, 0.1) is 5.56 Å². The SMILES string of the molecule is NC(=O)c1ncc(C(F)(F)F)cc1Oc1ccc(F)cc1F. The molecule has 0 aliphatic carbocycles. The van der Waals surface area contributed by atoms with E-state index in [9.17, 15) is 26.7 Å². The van der Waals surface area contributed by atoms with Crippen LogP contribution >= 0.6 is 0 Å². The van der Waals surface area contributed by atoms with Crippen molar-refractivity contribution in [2.45, 2.75) is 6.18 Å². The number of benzene rings is 1. The van der Waals surface area contributed by atoms with Crippen LogP contribution in [0.4, 0.5) is 22.0 Å². The molecule has 9 heteroatoms. The molecule has 2 aromatic rings. The average molecular weight is 318 g/mol. The number of hydrogen-bond donors (Lipinski definition) is 1. The fourth-order valence-electron chi connectivity index (χ4n) is 1.54. The number of nitrogens with two attached hydrogens (primary N) is 1. The van der Waals surface area contributed by atoms with Crippen LogP contribution in [0.25, 0.3) is 0 Å². The Morgan fingerprint density at radius 3 is 2.36 bits per heavy atom. The van der Waals surface area contributed by atoms with Gasteiger partial charge in [0, 0.05) is 12.3 Å². The number of primary amides is 1. The van der Waals surface area contributed by atoms with Gasteiger partial charge in [-0.2, -0.15) is 13.2 Å². The summed E-state index contributed by atoms with van der Waals surface area (Å²) >= 11 is 0. The maximum absolute atomic E-state index is 13.5. The van der Waals surface area contributed by atoms with Crippen LogP contribution in [-0.4, -0.2) is 10.9 Å². The summed E-state index contributed by atoms with van der Waals surface area (Å²) in [5, 5.41) is 0. The first kappa shape index (κ1) is 15.7. The number of carbonyl (C=O) groups excluding carboxylic acids is 1. The minimum absolute atomic E-state index is 0.397. The molecule has 0 aliphatic rings. The van der Waals surface area contributed by atoms with Crippen molar-refractivity contribution >= 4 is 5.91 Å². The lowest BCUT2D eigenvalue weighted by atomic mass is 10.2. The minimum atomic E-state index is -4.75. The zero-order valence-electron chi connectivity index (χ0n) is 10.6. The quantitative estimate of drug-likeness (QED) is 0.883. The van der Waals surface area contributed by atoms with Gasteiger partial charge in [0.15, 0.2) is 23.0 Å². The summed E-state index contributed by atoms with van der Waals surface area (Å²) in [6.45, 7) is 0. The van der Waals surface area contributed by atoms with Crippen LogP contribution in [0.15, 0.2) is 30.5 Å². The molecule has 0 saturated heterocycles. The lowest BCUT2D eigenvalue weighted by molar-refractivity contribution is -0.137. The third kappa shape index (κ3) is 3.30. The Kier molecular flexibility index (Phi) is 3.98. The molecule has 1 heterocycles. The van der Waals surface area contributed by atoms with Crippen molar-refractivity contribution in [1.82, 2.24) is 4.98 Å². The summed E-state index contributed by atoms with van der Waals surface area (Å²) in [6.07, 6.45) is -4.35. The predicted octanol–water partition coefficient (Wildman–Crippen LogP) is 3.27. The molecule has 0 aliphatic heterocycles. The summed E-state index contributed by atoms with van der Waals surface area (Å²) in [5.74, 6) is -4.49. The van der Waals surface area contributed by atoms with Gasteiger partial charge in [-0.1, -0.05) is 0 Å². The highest BCUT2D eigenvalue weighted by molar-refractivity contribution is 5.93. The minimum Gasteiger partial charge on any atom is -0.452 e. The van der Waals surface area contributed by atoms with E-state index in [4.69, 9.17) is 10.5 Å². The molecule has 0 saturated carbocycles. The highest BCUT2D eigenvalue weighted by Gasteiger charge is 2.32. The van der Waals surface area contributed by atoms with Crippen LogP contribution < -0.4 is 10.5 Å². The predicted molar refractivity (Wildman–Crippen MR) is 64.2 cm³/mol. The number of nitrogens with zero attached hydrogens (tertiary/aromatic N) is 1. The van der Waals surface area contributed by atoms with Crippen molar-refractivity contribution in [1.29, 1.82) is 0 Å². The summed E-state index contributed by atoms with van der Waals surface area (Å²) in [7, 11) is 0. The summed E-state index contributed by atoms with van der Waals surface area (Å²) < 4.78 is 69.1. The summed E-state index contributed by atoms with van der Waals surface area (Å²) in [6, 6.07) is 2.62. The van der Waals surface area contributed by atoms with Crippen molar-refractivity contribution in [2.24, 2.45) is 5.73 Å². The monoisotopic (exact) mass is 318 g/mol. The zero-order valence-corrected chi connectivity index (χ0v) is 10.6. The molecule has 1 aromatic carbocycles. The highest BCUT2D eigenvalue weighted by atomic mass is 19.4. The fraction of sp³-hybridized carbons (Fsp3) is 0.0769. The summed E-state index contributed by atoms with van der Waals surface area (Å²) in [5.41, 5.74) is 3.15. The van der Waals surface area contributed by atoms with E-state index in [1.807, 2.05) is 0 Å². The number of halogens is 5. The van der Waals surface area contributed by atoms with Crippen molar-refractivity contribution in [3.63, 3.8) is 0 Å². The molecule has 2 rings (SSSR count). The molecular formula is C13H7F5N2O2. The smallest absolute Gasteiger partial charge is 0.418 e. The molecule has 0 radical (unpaired) electrons. The second-order valence-corrected chi connectivity index (χ2v) is 4.11.